The van der Waals surface area contributed by atoms with Crippen LogP contribution in [-0.2, 0) is 0 Å². The lowest BCUT2D eigenvalue weighted by Crippen LogP contribution is -2.42. The molecule has 0 aromatic heterocycles. The first-order valence-electron chi connectivity index (χ1n) is 3.86. The van der Waals surface area contributed by atoms with Gasteiger partial charge < -0.3 is 10.8 Å². The molecule has 1 saturated carbocycles. The third kappa shape index (κ3) is 2.27. The van der Waals surface area contributed by atoms with Crippen molar-refractivity contribution in [3.63, 3.8) is 0 Å². The summed E-state index contributed by atoms with van der Waals surface area (Å²) in [5, 5.41) is 9.00. The van der Waals surface area contributed by atoms with E-state index in [9.17, 15) is 13.2 Å². The van der Waals surface area contributed by atoms with Gasteiger partial charge in [0, 0.05) is 6.54 Å². The zero-order chi connectivity index (χ0) is 9.41. The summed E-state index contributed by atoms with van der Waals surface area (Å²) in [6.07, 6.45) is -5.20. The third-order valence-corrected chi connectivity index (χ3v) is 2.57. The number of halogens is 4. The van der Waals surface area contributed by atoms with Crippen molar-refractivity contribution in [3.05, 3.63) is 0 Å². The van der Waals surface area contributed by atoms with Crippen molar-refractivity contribution in [2.45, 2.75) is 31.5 Å². The average molecular weight is 220 g/mol. The second kappa shape index (κ2) is 4.02. The van der Waals surface area contributed by atoms with Gasteiger partial charge in [0.25, 0.3) is 0 Å². The normalized spacial score (nSPS) is 34.4. The minimum absolute atomic E-state index is 0. The van der Waals surface area contributed by atoms with Crippen molar-refractivity contribution in [2.75, 3.05) is 6.54 Å². The average Bonchev–Trinajstić information content (AvgIpc) is 2.31. The quantitative estimate of drug-likeness (QED) is 0.702. The summed E-state index contributed by atoms with van der Waals surface area (Å²) in [6.45, 7) is -0.423. The Morgan fingerprint density at radius 2 is 2.00 bits per heavy atom. The maximum Gasteiger partial charge on any atom is 0.395 e. The highest BCUT2D eigenvalue weighted by Gasteiger charge is 2.56. The molecule has 3 N–H and O–H groups in total. The van der Waals surface area contributed by atoms with Crippen LogP contribution in [0, 0.1) is 5.41 Å². The Hall–Kier alpha value is -0.0000000000000000486. The summed E-state index contributed by atoms with van der Waals surface area (Å²) in [6, 6.07) is 0. The molecule has 0 unspecified atom stereocenters. The lowest BCUT2D eigenvalue weighted by Gasteiger charge is -2.29. The van der Waals surface area contributed by atoms with Crippen LogP contribution in [0.15, 0.2) is 0 Å². The summed E-state index contributed by atoms with van der Waals surface area (Å²) in [5.41, 5.74) is 3.26. The lowest BCUT2D eigenvalue weighted by molar-refractivity contribution is -0.220. The molecule has 0 aliphatic heterocycles. The molecule has 0 bridgehead atoms. The minimum atomic E-state index is -4.28. The van der Waals surface area contributed by atoms with Crippen LogP contribution in [0.4, 0.5) is 13.2 Å². The van der Waals surface area contributed by atoms with Crippen LogP contribution in [-0.4, -0.2) is 23.9 Å². The first-order chi connectivity index (χ1) is 5.41. The highest BCUT2D eigenvalue weighted by atomic mass is 35.5. The lowest BCUT2D eigenvalue weighted by atomic mass is 9.85. The van der Waals surface area contributed by atoms with Gasteiger partial charge in [0.2, 0.25) is 0 Å². The Balaban J connectivity index is 0.00000144. The van der Waals surface area contributed by atoms with E-state index < -0.39 is 24.2 Å². The van der Waals surface area contributed by atoms with E-state index in [2.05, 4.69) is 0 Å². The number of aliphatic hydroxyl groups excluding tert-OH is 1. The molecule has 0 heterocycles. The van der Waals surface area contributed by atoms with Crippen molar-refractivity contribution < 1.29 is 18.3 Å². The van der Waals surface area contributed by atoms with Crippen LogP contribution in [0.3, 0.4) is 0 Å². The summed E-state index contributed by atoms with van der Waals surface area (Å²) >= 11 is 0. The van der Waals surface area contributed by atoms with E-state index in [1.807, 2.05) is 0 Å². The van der Waals surface area contributed by atoms with E-state index in [0.717, 1.165) is 0 Å². The van der Waals surface area contributed by atoms with E-state index in [0.29, 0.717) is 0 Å². The molecular weight excluding hydrogens is 207 g/mol. The van der Waals surface area contributed by atoms with Gasteiger partial charge in [-0.15, -0.1) is 12.4 Å². The SMILES string of the molecule is Cl.NC[C@]1(C(F)(F)F)CC[C@H](O)C1. The van der Waals surface area contributed by atoms with E-state index in [4.69, 9.17) is 10.8 Å². The standard InChI is InChI=1S/C7H12F3NO.ClH/c8-7(9,10)6(4-11)2-1-5(12)3-6;/h5,12H,1-4,11H2;1H/t5-,6-;/m0./s1. The first-order valence-corrected chi connectivity index (χ1v) is 3.86. The van der Waals surface area contributed by atoms with Crippen LogP contribution in [0.5, 0.6) is 0 Å². The van der Waals surface area contributed by atoms with E-state index in [1.54, 1.807) is 0 Å². The summed E-state index contributed by atoms with van der Waals surface area (Å²) in [7, 11) is 0. The molecule has 80 valence electrons. The third-order valence-electron chi connectivity index (χ3n) is 2.57. The fourth-order valence-electron chi connectivity index (χ4n) is 1.66. The highest BCUT2D eigenvalue weighted by Crippen LogP contribution is 2.49. The molecule has 2 atom stereocenters. The largest absolute Gasteiger partial charge is 0.395 e. The number of nitrogens with two attached hydrogens (primary N) is 1. The van der Waals surface area contributed by atoms with Crippen LogP contribution in [0.1, 0.15) is 19.3 Å². The molecule has 0 amide bonds. The van der Waals surface area contributed by atoms with Crippen molar-refractivity contribution in [1.82, 2.24) is 0 Å². The van der Waals surface area contributed by atoms with Crippen molar-refractivity contribution in [2.24, 2.45) is 11.1 Å². The van der Waals surface area contributed by atoms with E-state index in [1.165, 1.54) is 0 Å². The Kier molecular flexibility index (Phi) is 4.02. The Morgan fingerprint density at radius 1 is 1.46 bits per heavy atom. The van der Waals surface area contributed by atoms with Gasteiger partial charge in [0.1, 0.15) is 0 Å². The minimum Gasteiger partial charge on any atom is -0.393 e. The molecule has 0 aromatic rings. The molecule has 0 radical (unpaired) electrons. The van der Waals surface area contributed by atoms with Crippen molar-refractivity contribution in [3.8, 4) is 0 Å². The molecular formula is C7H13ClF3NO. The fourth-order valence-corrected chi connectivity index (χ4v) is 1.66. The predicted octanol–water partition coefficient (Wildman–Crippen LogP) is 1.46. The summed E-state index contributed by atoms with van der Waals surface area (Å²) < 4.78 is 37.2. The maximum atomic E-state index is 12.4. The van der Waals surface area contributed by atoms with Gasteiger partial charge in [0.15, 0.2) is 0 Å². The first kappa shape index (κ1) is 13.0. The topological polar surface area (TPSA) is 46.2 Å². The molecule has 0 saturated heterocycles. The molecule has 2 nitrogen and oxygen atoms in total. The van der Waals surface area contributed by atoms with Gasteiger partial charge in [-0.1, -0.05) is 0 Å². The van der Waals surface area contributed by atoms with Gasteiger partial charge in [-0.3, -0.25) is 0 Å². The van der Waals surface area contributed by atoms with E-state index >= 15 is 0 Å². The Labute approximate surface area is 80.7 Å². The molecule has 6 heteroatoms. The zero-order valence-electron chi connectivity index (χ0n) is 6.97. The number of hydrogen-bond donors (Lipinski definition) is 2. The van der Waals surface area contributed by atoms with Gasteiger partial charge in [0.05, 0.1) is 11.5 Å². The van der Waals surface area contributed by atoms with Crippen molar-refractivity contribution >= 4 is 12.4 Å². The number of hydrogen-bond acceptors (Lipinski definition) is 2. The number of rotatable bonds is 1. The molecule has 13 heavy (non-hydrogen) atoms. The molecule has 0 aromatic carbocycles. The second-order valence-corrected chi connectivity index (χ2v) is 3.38. The molecule has 1 rings (SSSR count). The summed E-state index contributed by atoms with van der Waals surface area (Å²) in [5.74, 6) is 0. The molecule has 1 fully saturated rings. The molecule has 1 aliphatic rings. The maximum absolute atomic E-state index is 12.4. The summed E-state index contributed by atoms with van der Waals surface area (Å²) in [4.78, 5) is 0. The highest BCUT2D eigenvalue weighted by molar-refractivity contribution is 5.85. The Morgan fingerprint density at radius 3 is 2.15 bits per heavy atom. The van der Waals surface area contributed by atoms with Gasteiger partial charge >= 0.3 is 6.18 Å². The van der Waals surface area contributed by atoms with Gasteiger partial charge in [-0.2, -0.15) is 13.2 Å². The van der Waals surface area contributed by atoms with Crippen LogP contribution in [0.25, 0.3) is 0 Å². The van der Waals surface area contributed by atoms with Crippen LogP contribution >= 0.6 is 12.4 Å². The molecule has 0 spiro atoms. The zero-order valence-corrected chi connectivity index (χ0v) is 7.79. The van der Waals surface area contributed by atoms with Crippen LogP contribution in [0.2, 0.25) is 0 Å². The van der Waals surface area contributed by atoms with Crippen LogP contribution < -0.4 is 5.73 Å². The fraction of sp³-hybridized carbons (Fsp3) is 1.00. The van der Waals surface area contributed by atoms with E-state index in [-0.39, 0.29) is 31.7 Å². The number of alkyl halides is 3. The van der Waals surface area contributed by atoms with Crippen molar-refractivity contribution in [1.29, 1.82) is 0 Å². The Bertz CT molecular complexity index is 176. The van der Waals surface area contributed by atoms with Gasteiger partial charge in [-0.05, 0) is 19.3 Å². The smallest absolute Gasteiger partial charge is 0.393 e. The molecule has 1 aliphatic carbocycles. The number of aliphatic hydroxyl groups is 1. The monoisotopic (exact) mass is 219 g/mol. The predicted molar refractivity (Wildman–Crippen MR) is 44.6 cm³/mol. The second-order valence-electron chi connectivity index (χ2n) is 3.38. The van der Waals surface area contributed by atoms with Gasteiger partial charge in [-0.25, -0.2) is 0 Å².